The zero-order chi connectivity index (χ0) is 15.1. The molecule has 0 amide bonds. The van der Waals surface area contributed by atoms with Gasteiger partial charge in [0.2, 0.25) is 0 Å². The molecule has 0 spiro atoms. The van der Waals surface area contributed by atoms with Gasteiger partial charge >= 0.3 is 0 Å². The minimum atomic E-state index is -0.987. The average molecular weight is 270 g/mol. The van der Waals surface area contributed by atoms with Crippen LogP contribution in [0.1, 0.15) is 34.8 Å². The van der Waals surface area contributed by atoms with E-state index in [0.29, 0.717) is 17.5 Å². The summed E-state index contributed by atoms with van der Waals surface area (Å²) in [6.07, 6.45) is 3.92. The molecule has 0 fully saturated rings. The van der Waals surface area contributed by atoms with Gasteiger partial charge in [0.25, 0.3) is 0 Å². The second-order valence-electron chi connectivity index (χ2n) is 4.50. The van der Waals surface area contributed by atoms with E-state index in [0.717, 1.165) is 5.56 Å². The molecule has 3 heteroatoms. The highest BCUT2D eigenvalue weighted by atomic mass is 16.5. The average Bonchev–Trinajstić information content (AvgIpc) is 2.42. The van der Waals surface area contributed by atoms with Gasteiger partial charge in [-0.05, 0) is 31.5 Å². The number of carbonyl (C=O) groups excluding carboxylic acids is 1. The van der Waals surface area contributed by atoms with Crippen molar-refractivity contribution in [3.63, 3.8) is 0 Å². The monoisotopic (exact) mass is 270 g/mol. The van der Waals surface area contributed by atoms with Gasteiger partial charge in [-0.15, -0.1) is 6.42 Å². The Morgan fingerprint density at radius 3 is 2.75 bits per heavy atom. The molecule has 0 aromatic heterocycles. The maximum Gasteiger partial charge on any atom is 0.161 e. The Bertz CT molecular complexity index is 584. The molecule has 3 nitrogen and oxygen atoms in total. The Hall–Kier alpha value is -2.07. The van der Waals surface area contributed by atoms with Crippen LogP contribution in [-0.4, -0.2) is 30.2 Å². The second kappa shape index (κ2) is 7.50. The van der Waals surface area contributed by atoms with Crippen molar-refractivity contribution in [1.29, 1.82) is 0 Å². The zero-order valence-electron chi connectivity index (χ0n) is 11.9. The van der Waals surface area contributed by atoms with E-state index in [1.165, 1.54) is 14.0 Å². The predicted molar refractivity (Wildman–Crippen MR) is 78.3 cm³/mol. The molecule has 1 aromatic rings. The smallest absolute Gasteiger partial charge is 0.161 e. The molecule has 0 saturated carbocycles. The SMILES string of the molecule is C#C[C@@H](O)[C@@H](CC#Cc1cc(C)ccc1C(C)=O)OC. The van der Waals surface area contributed by atoms with E-state index in [1.54, 1.807) is 6.07 Å². The predicted octanol–water partition coefficient (Wildman–Crippen LogP) is 1.95. The summed E-state index contributed by atoms with van der Waals surface area (Å²) in [5, 5.41) is 9.52. The Balaban J connectivity index is 2.95. The molecule has 0 bridgehead atoms. The lowest BCUT2D eigenvalue weighted by molar-refractivity contribution is 0.0204. The van der Waals surface area contributed by atoms with Crippen LogP contribution < -0.4 is 0 Å². The third kappa shape index (κ3) is 4.24. The van der Waals surface area contributed by atoms with Crippen LogP contribution in [0.2, 0.25) is 0 Å². The molecule has 2 atom stereocenters. The van der Waals surface area contributed by atoms with Crippen molar-refractivity contribution >= 4 is 5.78 Å². The number of Topliss-reactive ketones (excluding diaryl/α,β-unsaturated/α-hetero) is 1. The van der Waals surface area contributed by atoms with Crippen LogP contribution in [0.25, 0.3) is 0 Å². The second-order valence-corrected chi connectivity index (χ2v) is 4.50. The van der Waals surface area contributed by atoms with Gasteiger partial charge in [0.1, 0.15) is 12.2 Å². The van der Waals surface area contributed by atoms with Gasteiger partial charge in [-0.3, -0.25) is 4.79 Å². The molecule has 0 saturated heterocycles. The quantitative estimate of drug-likeness (QED) is 0.672. The number of aliphatic hydroxyl groups is 1. The maximum absolute atomic E-state index is 11.5. The number of ether oxygens (including phenoxy) is 1. The van der Waals surface area contributed by atoms with Crippen LogP contribution in [0.5, 0.6) is 0 Å². The number of ketones is 1. The summed E-state index contributed by atoms with van der Waals surface area (Å²) in [6.45, 7) is 3.45. The lowest BCUT2D eigenvalue weighted by Crippen LogP contribution is -2.25. The minimum Gasteiger partial charge on any atom is -0.378 e. The molecule has 104 valence electrons. The Kier molecular flexibility index (Phi) is 6.00. The number of hydrogen-bond donors (Lipinski definition) is 1. The third-order valence-corrected chi connectivity index (χ3v) is 2.91. The highest BCUT2D eigenvalue weighted by Gasteiger charge is 2.14. The van der Waals surface area contributed by atoms with Crippen molar-refractivity contribution < 1.29 is 14.6 Å². The van der Waals surface area contributed by atoms with Gasteiger partial charge in [-0.25, -0.2) is 0 Å². The van der Waals surface area contributed by atoms with Gasteiger partial charge in [-0.1, -0.05) is 23.8 Å². The Morgan fingerprint density at radius 1 is 1.50 bits per heavy atom. The van der Waals surface area contributed by atoms with Gasteiger partial charge < -0.3 is 9.84 Å². The standard InChI is InChI=1S/C17H18O3/c1-5-16(19)17(20-4)8-6-7-14-11-12(2)9-10-15(14)13(3)18/h1,9-11,16-17,19H,8H2,2-4H3/t16-,17-/m1/s1. The molecular formula is C17H18O3. The zero-order valence-corrected chi connectivity index (χ0v) is 11.9. The fraction of sp³-hybridized carbons (Fsp3) is 0.353. The first-order valence-corrected chi connectivity index (χ1v) is 6.27. The largest absolute Gasteiger partial charge is 0.378 e. The summed E-state index contributed by atoms with van der Waals surface area (Å²) in [7, 11) is 1.47. The molecule has 0 aliphatic heterocycles. The molecule has 0 aliphatic carbocycles. The first kappa shape index (κ1) is 16.0. The summed E-state index contributed by atoms with van der Waals surface area (Å²) in [4.78, 5) is 11.5. The highest BCUT2D eigenvalue weighted by Crippen LogP contribution is 2.12. The first-order valence-electron chi connectivity index (χ1n) is 6.27. The van der Waals surface area contributed by atoms with Crippen LogP contribution in [0.15, 0.2) is 18.2 Å². The number of terminal acetylenes is 1. The van der Waals surface area contributed by atoms with Crippen LogP contribution in [0.4, 0.5) is 0 Å². The van der Waals surface area contributed by atoms with Crippen molar-refractivity contribution in [2.24, 2.45) is 0 Å². The van der Waals surface area contributed by atoms with Crippen LogP contribution in [0.3, 0.4) is 0 Å². The molecular weight excluding hydrogens is 252 g/mol. The van der Waals surface area contributed by atoms with E-state index < -0.39 is 12.2 Å². The summed E-state index contributed by atoms with van der Waals surface area (Å²) < 4.78 is 5.08. The van der Waals surface area contributed by atoms with E-state index in [-0.39, 0.29) is 5.78 Å². The minimum absolute atomic E-state index is 0.0266. The lowest BCUT2D eigenvalue weighted by Gasteiger charge is -2.13. The van der Waals surface area contributed by atoms with E-state index in [1.807, 2.05) is 19.1 Å². The van der Waals surface area contributed by atoms with E-state index in [9.17, 15) is 9.90 Å². The molecule has 0 radical (unpaired) electrons. The normalized spacial score (nSPS) is 12.8. The topological polar surface area (TPSA) is 46.5 Å². The Morgan fingerprint density at radius 2 is 2.20 bits per heavy atom. The number of rotatable bonds is 4. The first-order chi connectivity index (χ1) is 9.49. The molecule has 1 N–H and O–H groups in total. The van der Waals surface area contributed by atoms with Crippen molar-refractivity contribution in [3.05, 3.63) is 34.9 Å². The molecule has 1 aromatic carbocycles. The van der Waals surface area contributed by atoms with Crippen molar-refractivity contribution in [1.82, 2.24) is 0 Å². The summed E-state index contributed by atoms with van der Waals surface area (Å²) in [6, 6.07) is 5.51. The molecule has 20 heavy (non-hydrogen) atoms. The van der Waals surface area contributed by atoms with Crippen molar-refractivity contribution in [2.75, 3.05) is 7.11 Å². The van der Waals surface area contributed by atoms with Gasteiger partial charge in [0.05, 0.1) is 0 Å². The summed E-state index contributed by atoms with van der Waals surface area (Å²) >= 11 is 0. The lowest BCUT2D eigenvalue weighted by atomic mass is 10.0. The molecule has 0 unspecified atom stereocenters. The van der Waals surface area contributed by atoms with Crippen LogP contribution in [-0.2, 0) is 4.74 Å². The number of hydrogen-bond acceptors (Lipinski definition) is 3. The number of aryl methyl sites for hydroxylation is 1. The third-order valence-electron chi connectivity index (χ3n) is 2.91. The fourth-order valence-electron chi connectivity index (χ4n) is 1.75. The fourth-order valence-corrected chi connectivity index (χ4v) is 1.75. The number of carbonyl (C=O) groups is 1. The number of benzene rings is 1. The Labute approximate surface area is 120 Å². The van der Waals surface area contributed by atoms with Crippen molar-refractivity contribution in [2.45, 2.75) is 32.5 Å². The van der Waals surface area contributed by atoms with E-state index in [4.69, 9.17) is 11.2 Å². The van der Waals surface area contributed by atoms with Crippen LogP contribution >= 0.6 is 0 Å². The molecule has 0 aliphatic rings. The molecule has 1 rings (SSSR count). The number of aliphatic hydroxyl groups excluding tert-OH is 1. The maximum atomic E-state index is 11.5. The summed E-state index contributed by atoms with van der Waals surface area (Å²) in [5.74, 6) is 8.04. The van der Waals surface area contributed by atoms with Crippen molar-refractivity contribution in [3.8, 4) is 24.2 Å². The van der Waals surface area contributed by atoms with E-state index in [2.05, 4.69) is 17.8 Å². The highest BCUT2D eigenvalue weighted by molar-refractivity contribution is 5.96. The van der Waals surface area contributed by atoms with Gasteiger partial charge in [0.15, 0.2) is 5.78 Å². The van der Waals surface area contributed by atoms with Gasteiger partial charge in [0, 0.05) is 24.7 Å². The van der Waals surface area contributed by atoms with Crippen LogP contribution in [0, 0.1) is 31.1 Å². The van der Waals surface area contributed by atoms with E-state index >= 15 is 0 Å². The van der Waals surface area contributed by atoms with Gasteiger partial charge in [-0.2, -0.15) is 0 Å². The number of methoxy groups -OCH3 is 1. The molecule has 0 heterocycles. The summed E-state index contributed by atoms with van der Waals surface area (Å²) in [5.41, 5.74) is 2.31.